The summed E-state index contributed by atoms with van der Waals surface area (Å²) in [5, 5.41) is 5.09. The Hall–Kier alpha value is -2.36. The number of rotatable bonds is 3. The van der Waals surface area contributed by atoms with Crippen molar-refractivity contribution in [3.63, 3.8) is 0 Å². The fraction of sp³-hybridized carbons (Fsp3) is 0.294. The Morgan fingerprint density at radius 1 is 1.29 bits per heavy atom. The number of amides is 1. The highest BCUT2D eigenvalue weighted by molar-refractivity contribution is 6.06. The Bertz CT molecular complexity index is 743. The molecule has 2 N–H and O–H groups in total. The van der Waals surface area contributed by atoms with Crippen LogP contribution in [0.5, 0.6) is 0 Å². The highest BCUT2D eigenvalue weighted by Crippen LogP contribution is 2.42. The highest BCUT2D eigenvalue weighted by atomic mass is 16.2. The first-order chi connectivity index (χ1) is 10.3. The van der Waals surface area contributed by atoms with E-state index in [1.807, 2.05) is 30.5 Å². The predicted molar refractivity (Wildman–Crippen MR) is 83.1 cm³/mol. The number of carbonyl (C=O) groups is 1. The summed E-state index contributed by atoms with van der Waals surface area (Å²) in [5.74, 6) is 1.64. The number of nitrogens with zero attached hydrogens (tertiary/aromatic N) is 1. The number of hydrazone groups is 1. The third kappa shape index (κ3) is 2.17. The molecule has 0 aliphatic heterocycles. The van der Waals surface area contributed by atoms with Crippen molar-refractivity contribution < 1.29 is 4.79 Å². The largest absolute Gasteiger partial charge is 0.360 e. The van der Waals surface area contributed by atoms with Crippen LogP contribution in [0.3, 0.4) is 0 Å². The van der Waals surface area contributed by atoms with Gasteiger partial charge in [-0.05, 0) is 30.7 Å². The van der Waals surface area contributed by atoms with Crippen LogP contribution in [0.1, 0.15) is 23.2 Å². The molecule has 4 nitrogen and oxygen atoms in total. The summed E-state index contributed by atoms with van der Waals surface area (Å²) < 4.78 is 0. The molecule has 2 aromatic rings. The summed E-state index contributed by atoms with van der Waals surface area (Å²) in [6.45, 7) is 0. The maximum atomic E-state index is 12.2. The van der Waals surface area contributed by atoms with Crippen molar-refractivity contribution in [2.75, 3.05) is 0 Å². The van der Waals surface area contributed by atoms with Gasteiger partial charge in [0, 0.05) is 29.2 Å². The normalized spacial score (nSPS) is 27.0. The quantitative estimate of drug-likeness (QED) is 0.506. The molecule has 1 aromatic heterocycles. The van der Waals surface area contributed by atoms with Crippen LogP contribution in [0.2, 0.25) is 0 Å². The molecular weight excluding hydrogens is 262 g/mol. The van der Waals surface area contributed by atoms with E-state index < -0.39 is 0 Å². The number of hydrogen-bond donors (Lipinski definition) is 2. The van der Waals surface area contributed by atoms with E-state index in [9.17, 15) is 4.79 Å². The number of para-hydroxylation sites is 1. The molecule has 4 heteroatoms. The summed E-state index contributed by atoms with van der Waals surface area (Å²) in [4.78, 5) is 15.3. The minimum absolute atomic E-state index is 0.164. The average Bonchev–Trinajstić information content (AvgIpc) is 3.21. The molecule has 1 aromatic carbocycles. The van der Waals surface area contributed by atoms with Crippen molar-refractivity contribution in [1.29, 1.82) is 0 Å². The van der Waals surface area contributed by atoms with Crippen LogP contribution in [0.15, 0.2) is 47.7 Å². The molecule has 1 heterocycles. The maximum absolute atomic E-state index is 12.2. The molecule has 2 aliphatic rings. The highest BCUT2D eigenvalue weighted by Gasteiger charge is 2.34. The maximum Gasteiger partial charge on any atom is 0.273 e. The van der Waals surface area contributed by atoms with E-state index in [1.165, 1.54) is 6.42 Å². The van der Waals surface area contributed by atoms with Gasteiger partial charge in [-0.15, -0.1) is 0 Å². The molecule has 4 rings (SSSR count). The molecular formula is C17H17N3O. The van der Waals surface area contributed by atoms with Gasteiger partial charge < -0.3 is 4.98 Å². The van der Waals surface area contributed by atoms with Gasteiger partial charge in [0.25, 0.3) is 5.91 Å². The molecule has 1 saturated carbocycles. The van der Waals surface area contributed by atoms with E-state index in [0.717, 1.165) is 23.2 Å². The fourth-order valence-electron chi connectivity index (χ4n) is 3.51. The van der Waals surface area contributed by atoms with Gasteiger partial charge in [-0.1, -0.05) is 30.4 Å². The van der Waals surface area contributed by atoms with Crippen molar-refractivity contribution in [2.24, 2.45) is 22.9 Å². The number of aromatic nitrogens is 1. The molecule has 1 amide bonds. The smallest absolute Gasteiger partial charge is 0.273 e. The van der Waals surface area contributed by atoms with Gasteiger partial charge in [0.1, 0.15) is 0 Å². The van der Waals surface area contributed by atoms with Gasteiger partial charge in [0.05, 0.1) is 5.56 Å². The molecule has 0 radical (unpaired) electrons. The van der Waals surface area contributed by atoms with Gasteiger partial charge in [0.2, 0.25) is 0 Å². The molecule has 0 spiro atoms. The predicted octanol–water partition coefficient (Wildman–Crippen LogP) is 3.10. The lowest BCUT2D eigenvalue weighted by atomic mass is 9.95. The topological polar surface area (TPSA) is 57.2 Å². The lowest BCUT2D eigenvalue weighted by molar-refractivity contribution is 0.0956. The molecule has 2 aliphatic carbocycles. The van der Waals surface area contributed by atoms with Gasteiger partial charge in [0.15, 0.2) is 0 Å². The number of allylic oxidation sites excluding steroid dienone is 2. The van der Waals surface area contributed by atoms with Crippen LogP contribution in [0.25, 0.3) is 10.9 Å². The number of nitrogens with one attached hydrogen (secondary N) is 2. The van der Waals surface area contributed by atoms with Crippen molar-refractivity contribution in [2.45, 2.75) is 12.8 Å². The molecule has 3 unspecified atom stereocenters. The van der Waals surface area contributed by atoms with E-state index in [-0.39, 0.29) is 5.91 Å². The minimum Gasteiger partial charge on any atom is -0.360 e. The van der Waals surface area contributed by atoms with Crippen LogP contribution in [-0.4, -0.2) is 17.1 Å². The van der Waals surface area contributed by atoms with Gasteiger partial charge in [-0.2, -0.15) is 5.10 Å². The van der Waals surface area contributed by atoms with Crippen molar-refractivity contribution in [1.82, 2.24) is 10.4 Å². The zero-order valence-electron chi connectivity index (χ0n) is 11.6. The Morgan fingerprint density at radius 2 is 2.19 bits per heavy atom. The van der Waals surface area contributed by atoms with Crippen molar-refractivity contribution >= 4 is 23.0 Å². The molecule has 21 heavy (non-hydrogen) atoms. The monoisotopic (exact) mass is 279 g/mol. The Kier molecular flexibility index (Phi) is 2.88. The molecule has 1 fully saturated rings. The third-order valence-corrected chi connectivity index (χ3v) is 4.60. The lowest BCUT2D eigenvalue weighted by Gasteiger charge is -2.11. The Balaban J connectivity index is 1.45. The first-order valence-corrected chi connectivity index (χ1v) is 7.39. The van der Waals surface area contributed by atoms with Crippen molar-refractivity contribution in [3.8, 4) is 0 Å². The van der Waals surface area contributed by atoms with Crippen molar-refractivity contribution in [3.05, 3.63) is 48.2 Å². The van der Waals surface area contributed by atoms with Gasteiger partial charge in [-0.25, -0.2) is 5.43 Å². The van der Waals surface area contributed by atoms with Gasteiger partial charge >= 0.3 is 0 Å². The van der Waals surface area contributed by atoms with E-state index in [4.69, 9.17) is 0 Å². The number of hydrogen-bond acceptors (Lipinski definition) is 2. The minimum atomic E-state index is -0.164. The zero-order chi connectivity index (χ0) is 14.2. The van der Waals surface area contributed by atoms with Gasteiger partial charge in [-0.3, -0.25) is 4.79 Å². The number of carbonyl (C=O) groups excluding carboxylic acids is 1. The summed E-state index contributed by atoms with van der Waals surface area (Å²) in [6.07, 6.45) is 10.6. The Morgan fingerprint density at radius 3 is 3.00 bits per heavy atom. The molecule has 0 saturated heterocycles. The fourth-order valence-corrected chi connectivity index (χ4v) is 3.51. The van der Waals surface area contributed by atoms with Crippen LogP contribution in [-0.2, 0) is 0 Å². The number of benzene rings is 1. The molecule has 106 valence electrons. The second kappa shape index (κ2) is 4.88. The van der Waals surface area contributed by atoms with E-state index >= 15 is 0 Å². The lowest BCUT2D eigenvalue weighted by Crippen LogP contribution is -2.19. The average molecular weight is 279 g/mol. The molecule has 3 atom stereocenters. The van der Waals surface area contributed by atoms with Crippen LogP contribution in [0.4, 0.5) is 0 Å². The number of aromatic amines is 1. The second-order valence-corrected chi connectivity index (χ2v) is 5.91. The van der Waals surface area contributed by atoms with E-state index in [2.05, 4.69) is 27.7 Å². The number of fused-ring (bicyclic) bond motifs is 3. The van der Waals surface area contributed by atoms with Crippen LogP contribution in [0, 0.1) is 17.8 Å². The summed E-state index contributed by atoms with van der Waals surface area (Å²) in [5.41, 5.74) is 4.25. The Labute approximate surface area is 122 Å². The summed E-state index contributed by atoms with van der Waals surface area (Å²) >= 11 is 0. The first kappa shape index (κ1) is 12.4. The number of H-pyrrole nitrogens is 1. The van der Waals surface area contributed by atoms with Crippen LogP contribution < -0.4 is 5.43 Å². The third-order valence-electron chi connectivity index (χ3n) is 4.60. The van der Waals surface area contributed by atoms with E-state index in [1.54, 1.807) is 6.20 Å². The van der Waals surface area contributed by atoms with E-state index in [0.29, 0.717) is 17.4 Å². The summed E-state index contributed by atoms with van der Waals surface area (Å²) in [6, 6.07) is 7.77. The zero-order valence-corrected chi connectivity index (χ0v) is 11.6. The second-order valence-electron chi connectivity index (χ2n) is 5.91. The SMILES string of the molecule is O=C(NN=CC1CC2C=CC1C2)c1c[nH]c2ccccc12. The first-order valence-electron chi connectivity index (χ1n) is 7.39. The van der Waals surface area contributed by atoms with Crippen LogP contribution >= 0.6 is 0 Å². The summed E-state index contributed by atoms with van der Waals surface area (Å²) in [7, 11) is 0. The molecule has 2 bridgehead atoms. The standard InChI is InChI=1S/C17H17N3O/c21-17(15-10-18-16-4-2-1-3-14(15)16)20-19-9-13-8-11-5-6-12(13)7-11/h1-6,9-13,18H,7-8H2,(H,20,21).